The lowest BCUT2D eigenvalue weighted by Gasteiger charge is -2.14. The first-order valence-electron chi connectivity index (χ1n) is 6.70. The molecule has 1 amide bonds. The van der Waals surface area contributed by atoms with Crippen LogP contribution in [0.3, 0.4) is 0 Å². The third-order valence-corrected chi connectivity index (χ3v) is 4.22. The molecule has 0 saturated heterocycles. The van der Waals surface area contributed by atoms with Crippen LogP contribution in [-0.2, 0) is 9.53 Å². The first-order chi connectivity index (χ1) is 11.3. The molecule has 0 aliphatic carbocycles. The fourth-order valence-electron chi connectivity index (χ4n) is 1.79. The predicted molar refractivity (Wildman–Crippen MR) is 96.4 cm³/mol. The molecule has 24 heavy (non-hydrogen) atoms. The zero-order valence-corrected chi connectivity index (χ0v) is 15.3. The molecule has 2 aromatic carbocycles. The molecule has 0 heterocycles. The van der Waals surface area contributed by atoms with Gasteiger partial charge in [0.2, 0.25) is 0 Å². The number of halogens is 4. The second kappa shape index (κ2) is 8.08. The number of hydrogen-bond donors (Lipinski definition) is 1. The number of carbonyl (C=O) groups excluding carboxylic acids is 2. The van der Waals surface area contributed by atoms with E-state index >= 15 is 0 Å². The van der Waals surface area contributed by atoms with E-state index in [1.165, 1.54) is 25.1 Å². The van der Waals surface area contributed by atoms with Crippen molar-refractivity contribution in [2.45, 2.75) is 13.0 Å². The van der Waals surface area contributed by atoms with Gasteiger partial charge in [-0.2, -0.15) is 0 Å². The van der Waals surface area contributed by atoms with Crippen molar-refractivity contribution in [3.8, 4) is 0 Å². The maximum absolute atomic E-state index is 12.1. The fourth-order valence-corrected chi connectivity index (χ4v) is 2.66. The van der Waals surface area contributed by atoms with Crippen LogP contribution in [0.25, 0.3) is 0 Å². The van der Waals surface area contributed by atoms with Gasteiger partial charge >= 0.3 is 5.97 Å². The molecule has 0 aromatic heterocycles. The lowest BCUT2D eigenvalue weighted by Crippen LogP contribution is -2.30. The van der Waals surface area contributed by atoms with Gasteiger partial charge in [0.15, 0.2) is 6.10 Å². The average Bonchev–Trinajstić information content (AvgIpc) is 2.50. The van der Waals surface area contributed by atoms with Gasteiger partial charge < -0.3 is 10.1 Å². The van der Waals surface area contributed by atoms with Crippen molar-refractivity contribution in [1.82, 2.24) is 0 Å². The van der Waals surface area contributed by atoms with Crippen molar-refractivity contribution in [3.05, 3.63) is 62.1 Å². The molecule has 4 nitrogen and oxygen atoms in total. The summed E-state index contributed by atoms with van der Waals surface area (Å²) < 4.78 is 5.11. The van der Waals surface area contributed by atoms with Crippen molar-refractivity contribution in [1.29, 1.82) is 0 Å². The number of carbonyl (C=O) groups is 2. The minimum atomic E-state index is -1.06. The molecule has 0 aliphatic heterocycles. The number of anilines is 1. The highest BCUT2D eigenvalue weighted by Gasteiger charge is 2.20. The van der Waals surface area contributed by atoms with E-state index in [-0.39, 0.29) is 20.6 Å². The Balaban J connectivity index is 2.05. The zero-order valence-electron chi connectivity index (χ0n) is 12.3. The quantitative estimate of drug-likeness (QED) is 0.683. The highest BCUT2D eigenvalue weighted by atomic mass is 35.5. The Labute approximate surface area is 158 Å². The van der Waals surface area contributed by atoms with Gasteiger partial charge in [0.1, 0.15) is 0 Å². The molecule has 1 N–H and O–H groups in total. The van der Waals surface area contributed by atoms with Gasteiger partial charge in [0, 0.05) is 10.0 Å². The van der Waals surface area contributed by atoms with Crippen LogP contribution < -0.4 is 5.32 Å². The predicted octanol–water partition coefficient (Wildman–Crippen LogP) is 5.48. The van der Waals surface area contributed by atoms with Gasteiger partial charge in [-0.15, -0.1) is 0 Å². The van der Waals surface area contributed by atoms with Crippen molar-refractivity contribution < 1.29 is 14.3 Å². The molecular formula is C16H11Cl4NO3. The Morgan fingerprint density at radius 1 is 1.04 bits per heavy atom. The largest absolute Gasteiger partial charge is 0.449 e. The Bertz CT molecular complexity index is 775. The second-order valence-corrected chi connectivity index (χ2v) is 6.45. The maximum atomic E-state index is 12.1. The summed E-state index contributed by atoms with van der Waals surface area (Å²) in [5.74, 6) is -1.28. The Hall–Kier alpha value is -1.46. The molecule has 2 aromatic rings. The third kappa shape index (κ3) is 4.77. The Morgan fingerprint density at radius 3 is 2.29 bits per heavy atom. The van der Waals surface area contributed by atoms with Gasteiger partial charge in [0.25, 0.3) is 5.91 Å². The van der Waals surface area contributed by atoms with Crippen molar-refractivity contribution in [2.75, 3.05) is 5.32 Å². The number of ether oxygens (including phenoxy) is 1. The Kier molecular flexibility index (Phi) is 6.35. The first-order valence-corrected chi connectivity index (χ1v) is 8.21. The summed E-state index contributed by atoms with van der Waals surface area (Å²) in [6.45, 7) is 1.43. The van der Waals surface area contributed by atoms with E-state index in [4.69, 9.17) is 51.1 Å². The van der Waals surface area contributed by atoms with E-state index < -0.39 is 18.0 Å². The molecule has 0 saturated carbocycles. The molecule has 0 aliphatic rings. The number of benzene rings is 2. The molecule has 0 bridgehead atoms. The molecule has 0 radical (unpaired) electrons. The number of rotatable bonds is 4. The molecule has 0 fully saturated rings. The van der Waals surface area contributed by atoms with E-state index in [0.717, 1.165) is 0 Å². The van der Waals surface area contributed by atoms with Gasteiger partial charge in [-0.05, 0) is 37.3 Å². The number of nitrogens with one attached hydrogen (secondary N) is 1. The molecule has 0 spiro atoms. The average molecular weight is 407 g/mol. The van der Waals surface area contributed by atoms with Crippen LogP contribution in [0.2, 0.25) is 20.1 Å². The fraction of sp³-hybridized carbons (Fsp3) is 0.125. The van der Waals surface area contributed by atoms with Crippen molar-refractivity contribution in [2.24, 2.45) is 0 Å². The standard InChI is InChI=1S/C16H11Cl4NO3/c1-8(15(22)21-13-4-2-3-12(19)14(13)20)24-16(23)9-5-10(17)7-11(18)6-9/h2-8H,1H3,(H,21,22). The number of esters is 1. The minimum Gasteiger partial charge on any atom is -0.449 e. The summed E-state index contributed by atoms with van der Waals surface area (Å²) in [6, 6.07) is 9.08. The van der Waals surface area contributed by atoms with E-state index in [1.54, 1.807) is 18.2 Å². The summed E-state index contributed by atoms with van der Waals surface area (Å²) in [7, 11) is 0. The molecule has 126 valence electrons. The van der Waals surface area contributed by atoms with Crippen molar-refractivity contribution in [3.63, 3.8) is 0 Å². The van der Waals surface area contributed by atoms with Crippen molar-refractivity contribution >= 4 is 64.0 Å². The van der Waals surface area contributed by atoms with Crippen LogP contribution in [-0.4, -0.2) is 18.0 Å². The van der Waals surface area contributed by atoms with Gasteiger partial charge in [-0.1, -0.05) is 52.5 Å². The lowest BCUT2D eigenvalue weighted by atomic mass is 10.2. The summed E-state index contributed by atoms with van der Waals surface area (Å²) in [5, 5.41) is 3.62. The van der Waals surface area contributed by atoms with Gasteiger partial charge in [-0.3, -0.25) is 4.79 Å². The molecular weight excluding hydrogens is 396 g/mol. The summed E-state index contributed by atoms with van der Waals surface area (Å²) >= 11 is 23.5. The van der Waals surface area contributed by atoms with E-state index in [9.17, 15) is 9.59 Å². The summed E-state index contributed by atoms with van der Waals surface area (Å²) in [6.07, 6.45) is -1.06. The van der Waals surface area contributed by atoms with Crippen LogP contribution in [0.1, 0.15) is 17.3 Å². The normalized spacial score (nSPS) is 11.7. The van der Waals surface area contributed by atoms with Crippen LogP contribution in [0.4, 0.5) is 5.69 Å². The highest BCUT2D eigenvalue weighted by molar-refractivity contribution is 6.44. The summed E-state index contributed by atoms with van der Waals surface area (Å²) in [4.78, 5) is 24.2. The van der Waals surface area contributed by atoms with Crippen LogP contribution in [0, 0.1) is 0 Å². The van der Waals surface area contributed by atoms with Gasteiger partial charge in [0.05, 0.1) is 21.3 Å². The number of amides is 1. The van der Waals surface area contributed by atoms with Gasteiger partial charge in [-0.25, -0.2) is 4.79 Å². The zero-order chi connectivity index (χ0) is 17.9. The van der Waals surface area contributed by atoms with Crippen LogP contribution in [0.5, 0.6) is 0 Å². The topological polar surface area (TPSA) is 55.4 Å². The monoisotopic (exact) mass is 405 g/mol. The van der Waals surface area contributed by atoms with Crippen LogP contribution in [0.15, 0.2) is 36.4 Å². The third-order valence-electron chi connectivity index (χ3n) is 2.96. The lowest BCUT2D eigenvalue weighted by molar-refractivity contribution is -0.123. The highest BCUT2D eigenvalue weighted by Crippen LogP contribution is 2.29. The molecule has 1 atom stereocenters. The van der Waals surface area contributed by atoms with E-state index in [1.807, 2.05) is 0 Å². The molecule has 2 rings (SSSR count). The maximum Gasteiger partial charge on any atom is 0.339 e. The smallest absolute Gasteiger partial charge is 0.339 e. The molecule has 1 unspecified atom stereocenters. The first kappa shape index (κ1) is 18.9. The Morgan fingerprint density at radius 2 is 1.67 bits per heavy atom. The summed E-state index contributed by atoms with van der Waals surface area (Å²) in [5.41, 5.74) is 0.468. The minimum absolute atomic E-state index is 0.146. The van der Waals surface area contributed by atoms with E-state index in [2.05, 4.69) is 5.32 Å². The number of hydrogen-bond acceptors (Lipinski definition) is 3. The van der Waals surface area contributed by atoms with E-state index in [0.29, 0.717) is 10.7 Å². The van der Waals surface area contributed by atoms with Crippen LogP contribution >= 0.6 is 46.4 Å². The SMILES string of the molecule is CC(OC(=O)c1cc(Cl)cc(Cl)c1)C(=O)Nc1cccc(Cl)c1Cl. The second-order valence-electron chi connectivity index (χ2n) is 4.80. The molecule has 8 heteroatoms.